The molecule has 5 rings (SSSR count). The van der Waals surface area contributed by atoms with Crippen molar-refractivity contribution in [2.75, 3.05) is 25.0 Å². The molecule has 0 spiro atoms. The summed E-state index contributed by atoms with van der Waals surface area (Å²) < 4.78 is 0. The number of carbonyl (C=O) groups is 2. The normalized spacial score (nSPS) is 13.1. The molecule has 9 nitrogen and oxygen atoms in total. The van der Waals surface area contributed by atoms with Gasteiger partial charge in [0.1, 0.15) is 5.82 Å². The van der Waals surface area contributed by atoms with Crippen molar-refractivity contribution < 1.29 is 9.59 Å². The molecule has 0 saturated heterocycles. The summed E-state index contributed by atoms with van der Waals surface area (Å²) in [6.45, 7) is 2.46. The van der Waals surface area contributed by atoms with E-state index in [1.165, 1.54) is 18.4 Å². The predicted molar refractivity (Wildman–Crippen MR) is 144 cm³/mol. The van der Waals surface area contributed by atoms with Gasteiger partial charge in [0.2, 0.25) is 11.8 Å². The molecule has 1 aliphatic rings. The Morgan fingerprint density at radius 2 is 1.86 bits per heavy atom. The van der Waals surface area contributed by atoms with Crippen LogP contribution in [0.25, 0.3) is 21.7 Å². The van der Waals surface area contributed by atoms with Crippen LogP contribution in [0.3, 0.4) is 0 Å². The van der Waals surface area contributed by atoms with Gasteiger partial charge in [-0.1, -0.05) is 12.1 Å². The number of carbonyl (C=O) groups excluding carboxylic acids is 2. The van der Waals surface area contributed by atoms with Crippen LogP contribution in [0.5, 0.6) is 0 Å². The Balaban J connectivity index is 1.06. The number of rotatable bonds is 12. The molecule has 3 heterocycles. The molecule has 4 aromatic rings. The Morgan fingerprint density at radius 3 is 2.65 bits per heavy atom. The molecule has 2 amide bonds. The Kier molecular flexibility index (Phi) is 7.51. The SMILES string of the molecule is NC(=O)c1ccc2c(c1)nc(NCCCNC(=O)CCNCc1ccc(C3CC3)cn1)c1ccncc12. The van der Waals surface area contributed by atoms with Crippen molar-refractivity contribution in [3.8, 4) is 0 Å². The van der Waals surface area contributed by atoms with Crippen molar-refractivity contribution in [3.05, 3.63) is 71.8 Å². The summed E-state index contributed by atoms with van der Waals surface area (Å²) in [6, 6.07) is 11.4. The van der Waals surface area contributed by atoms with Crippen LogP contribution in [0.15, 0.2) is 55.0 Å². The number of primary amides is 1. The molecule has 1 saturated carbocycles. The highest BCUT2D eigenvalue weighted by atomic mass is 16.1. The number of hydrogen-bond donors (Lipinski definition) is 4. The van der Waals surface area contributed by atoms with Gasteiger partial charge < -0.3 is 21.7 Å². The molecule has 0 atom stereocenters. The minimum atomic E-state index is -0.491. The van der Waals surface area contributed by atoms with Gasteiger partial charge in [-0.15, -0.1) is 0 Å². The van der Waals surface area contributed by atoms with E-state index in [1.807, 2.05) is 18.3 Å². The molecule has 3 aromatic heterocycles. The summed E-state index contributed by atoms with van der Waals surface area (Å²) in [4.78, 5) is 37.2. The zero-order chi connectivity index (χ0) is 25.6. The van der Waals surface area contributed by atoms with Crippen molar-refractivity contribution in [1.82, 2.24) is 25.6 Å². The number of fused-ring (bicyclic) bond motifs is 3. The van der Waals surface area contributed by atoms with Crippen LogP contribution in [0.4, 0.5) is 5.82 Å². The summed E-state index contributed by atoms with van der Waals surface area (Å²) >= 11 is 0. The summed E-state index contributed by atoms with van der Waals surface area (Å²) in [5, 5.41) is 12.4. The topological polar surface area (TPSA) is 135 Å². The van der Waals surface area contributed by atoms with Crippen LogP contribution in [-0.2, 0) is 11.3 Å². The largest absolute Gasteiger partial charge is 0.369 e. The Bertz CT molecular complexity index is 1420. The molecule has 0 bridgehead atoms. The lowest BCUT2D eigenvalue weighted by Gasteiger charge is -2.12. The smallest absolute Gasteiger partial charge is 0.248 e. The van der Waals surface area contributed by atoms with Gasteiger partial charge >= 0.3 is 0 Å². The van der Waals surface area contributed by atoms with E-state index in [1.54, 1.807) is 24.5 Å². The number of nitrogens with zero attached hydrogens (tertiary/aromatic N) is 3. The minimum Gasteiger partial charge on any atom is -0.369 e. The maximum atomic E-state index is 12.2. The third kappa shape index (κ3) is 6.18. The van der Waals surface area contributed by atoms with Crippen molar-refractivity contribution in [1.29, 1.82) is 0 Å². The fraction of sp³-hybridized carbons (Fsp3) is 0.321. The highest BCUT2D eigenvalue weighted by Crippen LogP contribution is 2.39. The lowest BCUT2D eigenvalue weighted by molar-refractivity contribution is -0.121. The highest BCUT2D eigenvalue weighted by molar-refractivity contribution is 6.11. The van der Waals surface area contributed by atoms with Gasteiger partial charge in [-0.05, 0) is 55.0 Å². The minimum absolute atomic E-state index is 0.0175. The van der Waals surface area contributed by atoms with Gasteiger partial charge in [0.15, 0.2) is 0 Å². The van der Waals surface area contributed by atoms with Crippen molar-refractivity contribution in [3.63, 3.8) is 0 Å². The standard InChI is InChI=1S/C28H31N7O2/c29-27(37)19-5-7-22-24-17-31-12-8-23(24)28(35-25(22)14-19)33-11-1-10-32-26(36)9-13-30-16-21-6-4-20(15-34-21)18-2-3-18/h4-8,12,14-15,17-18,30H,1-3,9-11,13,16H2,(H2,29,37)(H,32,36)(H,33,35). The predicted octanol–water partition coefficient (Wildman–Crippen LogP) is 3.25. The summed E-state index contributed by atoms with van der Waals surface area (Å²) in [5.74, 6) is 0.949. The number of hydrogen-bond acceptors (Lipinski definition) is 7. The summed E-state index contributed by atoms with van der Waals surface area (Å²) in [5.41, 5.74) is 8.85. The van der Waals surface area contributed by atoms with E-state index >= 15 is 0 Å². The van der Waals surface area contributed by atoms with Crippen LogP contribution in [0, 0.1) is 0 Å². The van der Waals surface area contributed by atoms with Gasteiger partial charge in [-0.3, -0.25) is 19.6 Å². The molecular formula is C28H31N7O2. The van der Waals surface area contributed by atoms with Crippen LogP contribution in [-0.4, -0.2) is 46.4 Å². The van der Waals surface area contributed by atoms with E-state index in [0.717, 1.165) is 28.3 Å². The molecule has 0 aliphatic heterocycles. The average Bonchev–Trinajstić information content (AvgIpc) is 3.76. The quantitative estimate of drug-likeness (QED) is 0.174. The van der Waals surface area contributed by atoms with E-state index in [2.05, 4.69) is 38.1 Å². The molecular weight excluding hydrogens is 466 g/mol. The number of nitrogens with two attached hydrogens (primary N) is 1. The van der Waals surface area contributed by atoms with E-state index in [-0.39, 0.29) is 5.91 Å². The molecule has 190 valence electrons. The number of nitrogens with one attached hydrogen (secondary N) is 3. The second-order valence-electron chi connectivity index (χ2n) is 9.39. The van der Waals surface area contributed by atoms with E-state index in [0.29, 0.717) is 55.4 Å². The third-order valence-corrected chi connectivity index (χ3v) is 6.58. The number of aromatic nitrogens is 3. The zero-order valence-corrected chi connectivity index (χ0v) is 20.7. The van der Waals surface area contributed by atoms with Gasteiger partial charge in [0, 0.05) is 72.9 Å². The third-order valence-electron chi connectivity index (χ3n) is 6.58. The molecule has 37 heavy (non-hydrogen) atoms. The van der Waals surface area contributed by atoms with Crippen LogP contribution >= 0.6 is 0 Å². The Labute approximate surface area is 215 Å². The Hall–Kier alpha value is -4.11. The van der Waals surface area contributed by atoms with Gasteiger partial charge in [-0.2, -0.15) is 0 Å². The maximum absolute atomic E-state index is 12.2. The first kappa shape index (κ1) is 24.6. The second-order valence-corrected chi connectivity index (χ2v) is 9.39. The van der Waals surface area contributed by atoms with Crippen LogP contribution in [0.1, 0.15) is 53.2 Å². The zero-order valence-electron chi connectivity index (χ0n) is 20.7. The Morgan fingerprint density at radius 1 is 0.973 bits per heavy atom. The molecule has 0 unspecified atom stereocenters. The summed E-state index contributed by atoms with van der Waals surface area (Å²) in [6.07, 6.45) is 9.20. The highest BCUT2D eigenvalue weighted by Gasteiger charge is 2.23. The van der Waals surface area contributed by atoms with Gasteiger partial charge in [0.25, 0.3) is 0 Å². The molecule has 5 N–H and O–H groups in total. The lowest BCUT2D eigenvalue weighted by Crippen LogP contribution is -2.29. The van der Waals surface area contributed by atoms with E-state index in [9.17, 15) is 9.59 Å². The van der Waals surface area contributed by atoms with E-state index < -0.39 is 5.91 Å². The lowest BCUT2D eigenvalue weighted by atomic mass is 10.1. The number of amides is 2. The average molecular weight is 498 g/mol. The first-order valence-corrected chi connectivity index (χ1v) is 12.7. The summed E-state index contributed by atoms with van der Waals surface area (Å²) in [7, 11) is 0. The molecule has 1 aromatic carbocycles. The maximum Gasteiger partial charge on any atom is 0.248 e. The first-order chi connectivity index (χ1) is 18.1. The van der Waals surface area contributed by atoms with Gasteiger partial charge in [-0.25, -0.2) is 4.98 Å². The van der Waals surface area contributed by atoms with E-state index in [4.69, 9.17) is 10.7 Å². The second kappa shape index (κ2) is 11.3. The van der Waals surface area contributed by atoms with Crippen molar-refractivity contribution in [2.45, 2.75) is 38.1 Å². The fourth-order valence-corrected chi connectivity index (χ4v) is 4.36. The van der Waals surface area contributed by atoms with Gasteiger partial charge in [0.05, 0.1) is 11.2 Å². The molecule has 1 fully saturated rings. The van der Waals surface area contributed by atoms with Crippen LogP contribution < -0.4 is 21.7 Å². The molecule has 9 heteroatoms. The number of anilines is 1. The first-order valence-electron chi connectivity index (χ1n) is 12.7. The van der Waals surface area contributed by atoms with Crippen molar-refractivity contribution in [2.24, 2.45) is 5.73 Å². The number of pyridine rings is 3. The monoisotopic (exact) mass is 497 g/mol. The fourth-order valence-electron chi connectivity index (χ4n) is 4.36. The van der Waals surface area contributed by atoms with Crippen LogP contribution in [0.2, 0.25) is 0 Å². The number of benzene rings is 1. The molecule has 0 radical (unpaired) electrons. The van der Waals surface area contributed by atoms with Crippen molar-refractivity contribution >= 4 is 39.3 Å². The molecule has 1 aliphatic carbocycles.